The van der Waals surface area contributed by atoms with E-state index in [1.807, 2.05) is 26.0 Å². The summed E-state index contributed by atoms with van der Waals surface area (Å²) in [5.74, 6) is -0.854. The first-order chi connectivity index (χ1) is 9.25. The first kappa shape index (κ1) is 16.2. The molecule has 0 radical (unpaired) electrons. The molecule has 4 nitrogen and oxygen atoms in total. The zero-order chi connectivity index (χ0) is 15.4. The topological polar surface area (TPSA) is 57.6 Å². The fourth-order valence-corrected chi connectivity index (χ4v) is 2.33. The van der Waals surface area contributed by atoms with Crippen molar-refractivity contribution >= 4 is 11.9 Å². The minimum absolute atomic E-state index is 0.168. The van der Waals surface area contributed by atoms with E-state index in [4.69, 9.17) is 0 Å². The monoisotopic (exact) mass is 277 g/mol. The first-order valence-corrected chi connectivity index (χ1v) is 6.87. The fraction of sp³-hybridized carbons (Fsp3) is 0.500. The number of hydrogen-bond acceptors (Lipinski definition) is 2. The molecule has 1 N–H and O–H groups in total. The highest BCUT2D eigenvalue weighted by Gasteiger charge is 2.31. The van der Waals surface area contributed by atoms with Gasteiger partial charge in [-0.15, -0.1) is 0 Å². The molecule has 110 valence electrons. The van der Waals surface area contributed by atoms with Crippen molar-refractivity contribution in [2.75, 3.05) is 0 Å². The Hall–Kier alpha value is -1.84. The molecular formula is C16H23NO3. The molecule has 1 unspecified atom stereocenters. The Bertz CT molecular complexity index is 477. The van der Waals surface area contributed by atoms with Crippen LogP contribution in [0.3, 0.4) is 0 Å². The molecule has 0 bridgehead atoms. The van der Waals surface area contributed by atoms with Gasteiger partial charge < -0.3 is 10.0 Å². The standard InChI is InChI=1S/C16H23NO3/c1-10(2)13-6-8-14(9-7-13)15(16(19)20)17(11(3)4)12(5)18/h6-11,15H,1-5H3,(H,19,20). The third-order valence-corrected chi connectivity index (χ3v) is 3.35. The molecule has 1 amide bonds. The fourth-order valence-electron chi connectivity index (χ4n) is 2.33. The lowest BCUT2D eigenvalue weighted by Crippen LogP contribution is -2.42. The lowest BCUT2D eigenvalue weighted by Gasteiger charge is -2.32. The lowest BCUT2D eigenvalue weighted by atomic mass is 9.98. The summed E-state index contributed by atoms with van der Waals surface area (Å²) in [7, 11) is 0. The normalized spacial score (nSPS) is 12.6. The van der Waals surface area contributed by atoms with Crippen LogP contribution in [0.5, 0.6) is 0 Å². The van der Waals surface area contributed by atoms with Crippen molar-refractivity contribution in [2.45, 2.75) is 52.6 Å². The number of carboxylic acids is 1. The highest BCUT2D eigenvalue weighted by Crippen LogP contribution is 2.25. The number of carboxylic acid groups (broad SMARTS) is 1. The van der Waals surface area contributed by atoms with Gasteiger partial charge in [0.05, 0.1) is 0 Å². The van der Waals surface area contributed by atoms with E-state index in [-0.39, 0.29) is 11.9 Å². The highest BCUT2D eigenvalue weighted by molar-refractivity contribution is 5.83. The predicted octanol–water partition coefficient (Wildman–Crippen LogP) is 3.19. The van der Waals surface area contributed by atoms with Gasteiger partial charge in [-0.05, 0) is 30.9 Å². The second-order valence-corrected chi connectivity index (χ2v) is 5.58. The lowest BCUT2D eigenvalue weighted by molar-refractivity contribution is -0.151. The molecule has 20 heavy (non-hydrogen) atoms. The Morgan fingerprint density at radius 2 is 1.45 bits per heavy atom. The summed E-state index contributed by atoms with van der Waals surface area (Å²) < 4.78 is 0. The number of aliphatic carboxylic acids is 1. The van der Waals surface area contributed by atoms with Crippen LogP contribution in [0.25, 0.3) is 0 Å². The van der Waals surface area contributed by atoms with Crippen LogP contribution in [-0.2, 0) is 9.59 Å². The summed E-state index contributed by atoms with van der Waals surface area (Å²) in [5.41, 5.74) is 1.78. The van der Waals surface area contributed by atoms with E-state index in [1.54, 1.807) is 12.1 Å². The molecule has 4 heteroatoms. The molecule has 0 saturated heterocycles. The Kier molecular flexibility index (Phi) is 5.31. The second-order valence-electron chi connectivity index (χ2n) is 5.58. The average Bonchev–Trinajstić information content (AvgIpc) is 2.34. The van der Waals surface area contributed by atoms with Gasteiger partial charge in [0.15, 0.2) is 6.04 Å². The van der Waals surface area contributed by atoms with Crippen LogP contribution in [0.15, 0.2) is 24.3 Å². The van der Waals surface area contributed by atoms with Crippen molar-refractivity contribution in [3.05, 3.63) is 35.4 Å². The SMILES string of the molecule is CC(=O)N(C(C)C)C(C(=O)O)c1ccc(C(C)C)cc1. The summed E-state index contributed by atoms with van der Waals surface area (Å²) in [6.07, 6.45) is 0. The predicted molar refractivity (Wildman–Crippen MR) is 78.6 cm³/mol. The van der Waals surface area contributed by atoms with Crippen molar-refractivity contribution in [3.63, 3.8) is 0 Å². The number of nitrogens with zero attached hydrogens (tertiary/aromatic N) is 1. The van der Waals surface area contributed by atoms with E-state index >= 15 is 0 Å². The molecule has 0 aliphatic rings. The molecule has 0 aliphatic heterocycles. The smallest absolute Gasteiger partial charge is 0.331 e. The van der Waals surface area contributed by atoms with Crippen molar-refractivity contribution < 1.29 is 14.7 Å². The van der Waals surface area contributed by atoms with Gasteiger partial charge in [0.2, 0.25) is 5.91 Å². The van der Waals surface area contributed by atoms with Crippen LogP contribution in [0, 0.1) is 0 Å². The van der Waals surface area contributed by atoms with Crippen LogP contribution in [0.1, 0.15) is 57.7 Å². The molecule has 0 heterocycles. The van der Waals surface area contributed by atoms with Gasteiger partial charge in [0, 0.05) is 13.0 Å². The molecule has 1 aromatic carbocycles. The number of amides is 1. The van der Waals surface area contributed by atoms with Crippen molar-refractivity contribution in [3.8, 4) is 0 Å². The van der Waals surface area contributed by atoms with E-state index in [0.29, 0.717) is 11.5 Å². The van der Waals surface area contributed by atoms with Gasteiger partial charge >= 0.3 is 5.97 Å². The minimum Gasteiger partial charge on any atom is -0.479 e. The van der Waals surface area contributed by atoms with Gasteiger partial charge in [-0.3, -0.25) is 4.79 Å². The van der Waals surface area contributed by atoms with Gasteiger partial charge in [-0.1, -0.05) is 38.1 Å². The maximum atomic E-state index is 11.7. The Labute approximate surface area is 120 Å². The highest BCUT2D eigenvalue weighted by atomic mass is 16.4. The van der Waals surface area contributed by atoms with Crippen molar-refractivity contribution in [1.82, 2.24) is 4.90 Å². The summed E-state index contributed by atoms with van der Waals surface area (Å²) in [6, 6.07) is 6.34. The molecular weight excluding hydrogens is 254 g/mol. The maximum Gasteiger partial charge on any atom is 0.331 e. The molecule has 0 aliphatic carbocycles. The molecule has 0 spiro atoms. The van der Waals surface area contributed by atoms with Gasteiger partial charge in [0.25, 0.3) is 0 Å². The molecule has 0 aromatic heterocycles. The van der Waals surface area contributed by atoms with Crippen LogP contribution in [0.4, 0.5) is 0 Å². The van der Waals surface area contributed by atoms with E-state index in [1.165, 1.54) is 11.8 Å². The van der Waals surface area contributed by atoms with E-state index in [9.17, 15) is 14.7 Å². The van der Waals surface area contributed by atoms with Gasteiger partial charge in [-0.2, -0.15) is 0 Å². The van der Waals surface area contributed by atoms with E-state index in [2.05, 4.69) is 13.8 Å². The van der Waals surface area contributed by atoms with Crippen LogP contribution >= 0.6 is 0 Å². The first-order valence-electron chi connectivity index (χ1n) is 6.87. The number of rotatable bonds is 5. The average molecular weight is 277 g/mol. The zero-order valence-electron chi connectivity index (χ0n) is 12.8. The number of carbonyl (C=O) groups excluding carboxylic acids is 1. The molecule has 1 atom stereocenters. The largest absolute Gasteiger partial charge is 0.479 e. The summed E-state index contributed by atoms with van der Waals surface area (Å²) in [4.78, 5) is 24.7. The molecule has 1 rings (SSSR count). The quantitative estimate of drug-likeness (QED) is 0.899. The maximum absolute atomic E-state index is 11.7. The Morgan fingerprint density at radius 3 is 1.75 bits per heavy atom. The van der Waals surface area contributed by atoms with Crippen LogP contribution in [0.2, 0.25) is 0 Å². The van der Waals surface area contributed by atoms with Crippen LogP contribution < -0.4 is 0 Å². The minimum atomic E-state index is -1.01. The number of carbonyl (C=O) groups is 2. The number of hydrogen-bond donors (Lipinski definition) is 1. The Morgan fingerprint density at radius 1 is 1.00 bits per heavy atom. The van der Waals surface area contributed by atoms with Crippen molar-refractivity contribution in [2.24, 2.45) is 0 Å². The van der Waals surface area contributed by atoms with Gasteiger partial charge in [-0.25, -0.2) is 4.79 Å². The molecule has 0 fully saturated rings. The molecule has 0 saturated carbocycles. The van der Waals surface area contributed by atoms with E-state index in [0.717, 1.165) is 5.56 Å². The van der Waals surface area contributed by atoms with Crippen LogP contribution in [-0.4, -0.2) is 27.9 Å². The summed E-state index contributed by atoms with van der Waals surface area (Å²) in [6.45, 7) is 9.21. The van der Waals surface area contributed by atoms with Crippen molar-refractivity contribution in [1.29, 1.82) is 0 Å². The van der Waals surface area contributed by atoms with Gasteiger partial charge in [0.1, 0.15) is 0 Å². The van der Waals surface area contributed by atoms with E-state index < -0.39 is 12.0 Å². The second kappa shape index (κ2) is 6.55. The summed E-state index contributed by atoms with van der Waals surface area (Å²) in [5, 5.41) is 9.48. The third kappa shape index (κ3) is 3.59. The zero-order valence-corrected chi connectivity index (χ0v) is 12.8. The summed E-state index contributed by atoms with van der Waals surface area (Å²) >= 11 is 0. The Balaban J connectivity index is 3.19. The molecule has 1 aromatic rings. The third-order valence-electron chi connectivity index (χ3n) is 3.35. The number of benzene rings is 1.